The maximum Gasteiger partial charge on any atom is 0.0931 e. The molecule has 2 rings (SSSR count). The van der Waals surface area contributed by atoms with Crippen molar-refractivity contribution in [2.45, 2.75) is 25.9 Å². The molecule has 1 aliphatic rings. The molecule has 1 aromatic heterocycles. The van der Waals surface area contributed by atoms with Crippen LogP contribution in [0.5, 0.6) is 0 Å². The third-order valence-corrected chi connectivity index (χ3v) is 3.51. The Morgan fingerprint density at radius 1 is 1.44 bits per heavy atom. The molecule has 0 amide bonds. The zero-order chi connectivity index (χ0) is 13.0. The number of aromatic nitrogens is 1. The summed E-state index contributed by atoms with van der Waals surface area (Å²) >= 11 is 0. The summed E-state index contributed by atoms with van der Waals surface area (Å²) in [4.78, 5) is 6.51. The van der Waals surface area contributed by atoms with E-state index in [0.717, 1.165) is 44.0 Å². The molecule has 4 heteroatoms. The lowest BCUT2D eigenvalue weighted by molar-refractivity contribution is 0.0685. The highest BCUT2D eigenvalue weighted by Gasteiger charge is 2.16. The number of hydrogen-bond acceptors (Lipinski definition) is 4. The van der Waals surface area contributed by atoms with E-state index in [1.54, 1.807) is 6.92 Å². The van der Waals surface area contributed by atoms with Crippen LogP contribution in [-0.4, -0.2) is 36.9 Å². The van der Waals surface area contributed by atoms with E-state index in [4.69, 9.17) is 4.74 Å². The summed E-state index contributed by atoms with van der Waals surface area (Å²) in [5.74, 6) is 0.709. The van der Waals surface area contributed by atoms with Gasteiger partial charge in [0.25, 0.3) is 0 Å². The van der Waals surface area contributed by atoms with Gasteiger partial charge in [0, 0.05) is 26.8 Å². The van der Waals surface area contributed by atoms with Crippen molar-refractivity contribution in [1.82, 2.24) is 4.98 Å². The van der Waals surface area contributed by atoms with Gasteiger partial charge in [0.2, 0.25) is 0 Å². The van der Waals surface area contributed by atoms with E-state index in [-0.39, 0.29) is 0 Å². The van der Waals surface area contributed by atoms with Crippen LogP contribution in [0.25, 0.3) is 0 Å². The number of anilines is 1. The van der Waals surface area contributed by atoms with Crippen LogP contribution in [0.15, 0.2) is 18.3 Å². The maximum atomic E-state index is 9.42. The average Bonchev–Trinajstić information content (AvgIpc) is 2.40. The number of aliphatic hydroxyl groups excluding tert-OH is 1. The SMILES string of the molecule is C[C@@H](O)c1ccc(N(C)CC2CCOCC2)cn1. The van der Waals surface area contributed by atoms with Gasteiger partial charge in [-0.3, -0.25) is 4.98 Å². The molecule has 1 saturated heterocycles. The zero-order valence-corrected chi connectivity index (χ0v) is 11.2. The largest absolute Gasteiger partial charge is 0.387 e. The van der Waals surface area contributed by atoms with E-state index in [0.29, 0.717) is 5.92 Å². The second-order valence-electron chi connectivity index (χ2n) is 5.05. The van der Waals surface area contributed by atoms with Crippen molar-refractivity contribution in [2.24, 2.45) is 5.92 Å². The topological polar surface area (TPSA) is 45.6 Å². The van der Waals surface area contributed by atoms with Gasteiger partial charge in [-0.1, -0.05) is 0 Å². The van der Waals surface area contributed by atoms with Crippen molar-refractivity contribution in [3.05, 3.63) is 24.0 Å². The highest BCUT2D eigenvalue weighted by Crippen LogP contribution is 2.20. The standard InChI is InChI=1S/C14H22N2O2/c1-11(17)14-4-3-13(9-15-14)16(2)10-12-5-7-18-8-6-12/h3-4,9,11-12,17H,5-8,10H2,1-2H3/t11-/m1/s1. The summed E-state index contributed by atoms with van der Waals surface area (Å²) in [5.41, 5.74) is 1.82. The third kappa shape index (κ3) is 3.43. The Balaban J connectivity index is 1.93. The molecule has 0 aliphatic carbocycles. The van der Waals surface area contributed by atoms with Gasteiger partial charge >= 0.3 is 0 Å². The Morgan fingerprint density at radius 3 is 2.72 bits per heavy atom. The van der Waals surface area contributed by atoms with Gasteiger partial charge in [0.1, 0.15) is 0 Å². The van der Waals surface area contributed by atoms with Gasteiger partial charge in [-0.25, -0.2) is 0 Å². The summed E-state index contributed by atoms with van der Waals surface area (Å²) in [5, 5.41) is 9.42. The number of nitrogens with zero attached hydrogens (tertiary/aromatic N) is 2. The molecular formula is C14H22N2O2. The molecule has 1 fully saturated rings. The monoisotopic (exact) mass is 250 g/mol. The summed E-state index contributed by atoms with van der Waals surface area (Å²) in [7, 11) is 2.09. The minimum atomic E-state index is -0.500. The summed E-state index contributed by atoms with van der Waals surface area (Å²) in [6, 6.07) is 3.91. The third-order valence-electron chi connectivity index (χ3n) is 3.51. The summed E-state index contributed by atoms with van der Waals surface area (Å²) in [6.45, 7) is 4.54. The van der Waals surface area contributed by atoms with Crippen molar-refractivity contribution in [1.29, 1.82) is 0 Å². The molecule has 1 atom stereocenters. The van der Waals surface area contributed by atoms with Crippen molar-refractivity contribution in [3.8, 4) is 0 Å². The van der Waals surface area contributed by atoms with Crippen LogP contribution < -0.4 is 4.90 Å². The molecular weight excluding hydrogens is 228 g/mol. The fraction of sp³-hybridized carbons (Fsp3) is 0.643. The van der Waals surface area contributed by atoms with E-state index < -0.39 is 6.10 Å². The molecule has 0 spiro atoms. The molecule has 4 nitrogen and oxygen atoms in total. The number of aliphatic hydroxyl groups is 1. The van der Waals surface area contributed by atoms with Crippen LogP contribution in [0.3, 0.4) is 0 Å². The Hall–Kier alpha value is -1.13. The zero-order valence-electron chi connectivity index (χ0n) is 11.2. The molecule has 0 saturated carbocycles. The van der Waals surface area contributed by atoms with Crippen LogP contribution in [-0.2, 0) is 4.74 Å². The van der Waals surface area contributed by atoms with Crippen LogP contribution in [0, 0.1) is 5.92 Å². The first-order valence-corrected chi connectivity index (χ1v) is 6.59. The molecule has 0 bridgehead atoms. The van der Waals surface area contributed by atoms with Gasteiger partial charge in [-0.2, -0.15) is 0 Å². The predicted octanol–water partition coefficient (Wildman–Crippen LogP) is 2.00. The van der Waals surface area contributed by atoms with Crippen molar-refractivity contribution in [3.63, 3.8) is 0 Å². The van der Waals surface area contributed by atoms with Crippen LogP contribution >= 0.6 is 0 Å². The number of ether oxygens (including phenoxy) is 1. The van der Waals surface area contributed by atoms with E-state index in [1.807, 2.05) is 18.3 Å². The van der Waals surface area contributed by atoms with Gasteiger partial charge in [0.05, 0.1) is 23.7 Å². The smallest absolute Gasteiger partial charge is 0.0931 e. The lowest BCUT2D eigenvalue weighted by Crippen LogP contribution is -2.29. The second-order valence-corrected chi connectivity index (χ2v) is 5.05. The minimum Gasteiger partial charge on any atom is -0.387 e. The van der Waals surface area contributed by atoms with Gasteiger partial charge < -0.3 is 14.7 Å². The Morgan fingerprint density at radius 2 is 2.17 bits per heavy atom. The average molecular weight is 250 g/mol. The first kappa shape index (κ1) is 13.3. The number of hydrogen-bond donors (Lipinski definition) is 1. The molecule has 100 valence electrons. The van der Waals surface area contributed by atoms with Gasteiger partial charge in [0.15, 0.2) is 0 Å². The van der Waals surface area contributed by atoms with Gasteiger partial charge in [-0.05, 0) is 37.8 Å². The van der Waals surface area contributed by atoms with Crippen LogP contribution in [0.4, 0.5) is 5.69 Å². The van der Waals surface area contributed by atoms with Gasteiger partial charge in [-0.15, -0.1) is 0 Å². The van der Waals surface area contributed by atoms with Crippen molar-refractivity contribution in [2.75, 3.05) is 31.7 Å². The predicted molar refractivity (Wildman–Crippen MR) is 71.7 cm³/mol. The molecule has 1 aromatic rings. The fourth-order valence-corrected chi connectivity index (χ4v) is 2.29. The molecule has 0 unspecified atom stereocenters. The van der Waals surface area contributed by atoms with E-state index in [9.17, 15) is 5.11 Å². The summed E-state index contributed by atoms with van der Waals surface area (Å²) < 4.78 is 5.37. The normalized spacial score (nSPS) is 18.6. The quantitative estimate of drug-likeness (QED) is 0.887. The molecule has 1 aliphatic heterocycles. The van der Waals surface area contributed by atoms with Crippen molar-refractivity contribution >= 4 is 5.69 Å². The first-order valence-electron chi connectivity index (χ1n) is 6.59. The highest BCUT2D eigenvalue weighted by atomic mass is 16.5. The second kappa shape index (κ2) is 6.16. The number of pyridine rings is 1. The molecule has 18 heavy (non-hydrogen) atoms. The van der Waals surface area contributed by atoms with Crippen LogP contribution in [0.2, 0.25) is 0 Å². The maximum absolute atomic E-state index is 9.42. The van der Waals surface area contributed by atoms with E-state index in [2.05, 4.69) is 16.9 Å². The Bertz CT molecular complexity index is 359. The van der Waals surface area contributed by atoms with Crippen molar-refractivity contribution < 1.29 is 9.84 Å². The highest BCUT2D eigenvalue weighted by molar-refractivity contribution is 5.43. The first-order chi connectivity index (χ1) is 8.66. The lowest BCUT2D eigenvalue weighted by Gasteiger charge is -2.28. The Kier molecular flexibility index (Phi) is 4.55. The molecule has 1 N–H and O–H groups in total. The lowest BCUT2D eigenvalue weighted by atomic mass is 10.00. The Labute approximate surface area is 109 Å². The summed E-state index contributed by atoms with van der Waals surface area (Å²) in [6.07, 6.45) is 3.62. The molecule has 0 radical (unpaired) electrons. The van der Waals surface area contributed by atoms with E-state index >= 15 is 0 Å². The minimum absolute atomic E-state index is 0.500. The number of rotatable bonds is 4. The molecule has 0 aromatic carbocycles. The fourth-order valence-electron chi connectivity index (χ4n) is 2.29. The van der Waals surface area contributed by atoms with E-state index in [1.165, 1.54) is 0 Å². The van der Waals surface area contributed by atoms with Crippen LogP contribution in [0.1, 0.15) is 31.6 Å². The molecule has 2 heterocycles.